The molecule has 0 aromatic heterocycles. The van der Waals surface area contributed by atoms with Crippen LogP contribution in [0, 0.1) is 0 Å². The van der Waals surface area contributed by atoms with Gasteiger partial charge in [0.25, 0.3) is 0 Å². The fraction of sp³-hybridized carbons (Fsp3) is 0.550. The first-order chi connectivity index (χ1) is 11.3. The molecule has 4 nitrogen and oxygen atoms in total. The molecule has 132 valence electrons. The van der Waals surface area contributed by atoms with Gasteiger partial charge in [-0.3, -0.25) is 0 Å². The van der Waals surface area contributed by atoms with Crippen LogP contribution in [-0.2, 0) is 4.74 Å². The standard InChI is InChI=1S/C20H29NO3/c1-6-15-11-13-21(19(22)24-20(2,3)4)14-12-18(15)16-7-9-17(23-5)10-8-16/h7-10H,6,11-14H2,1-5H3. The van der Waals surface area contributed by atoms with Crippen LogP contribution >= 0.6 is 0 Å². The van der Waals surface area contributed by atoms with E-state index in [1.165, 1.54) is 16.7 Å². The molecule has 1 amide bonds. The Balaban J connectivity index is 2.14. The lowest BCUT2D eigenvalue weighted by Crippen LogP contribution is -2.37. The molecule has 0 bridgehead atoms. The first kappa shape index (κ1) is 18.4. The summed E-state index contributed by atoms with van der Waals surface area (Å²) in [5, 5.41) is 0. The number of hydrogen-bond donors (Lipinski definition) is 0. The summed E-state index contributed by atoms with van der Waals surface area (Å²) >= 11 is 0. The predicted octanol–water partition coefficient (Wildman–Crippen LogP) is 4.89. The predicted molar refractivity (Wildman–Crippen MR) is 97.2 cm³/mol. The number of carbonyl (C=O) groups is 1. The van der Waals surface area contributed by atoms with E-state index in [0.717, 1.165) is 31.6 Å². The molecule has 0 radical (unpaired) electrons. The molecule has 1 heterocycles. The molecule has 0 N–H and O–H groups in total. The van der Waals surface area contributed by atoms with Gasteiger partial charge >= 0.3 is 6.09 Å². The lowest BCUT2D eigenvalue weighted by molar-refractivity contribution is 0.0259. The highest BCUT2D eigenvalue weighted by Crippen LogP contribution is 2.31. The zero-order valence-corrected chi connectivity index (χ0v) is 15.5. The van der Waals surface area contributed by atoms with Crippen LogP contribution in [0.2, 0.25) is 0 Å². The number of benzene rings is 1. The second-order valence-corrected chi connectivity index (χ2v) is 7.13. The second-order valence-electron chi connectivity index (χ2n) is 7.13. The molecule has 0 saturated heterocycles. The van der Waals surface area contributed by atoms with E-state index in [-0.39, 0.29) is 6.09 Å². The molecule has 0 aliphatic carbocycles. The van der Waals surface area contributed by atoms with Gasteiger partial charge < -0.3 is 14.4 Å². The Morgan fingerprint density at radius 1 is 1.12 bits per heavy atom. The first-order valence-corrected chi connectivity index (χ1v) is 8.67. The van der Waals surface area contributed by atoms with Crippen LogP contribution in [-0.4, -0.2) is 36.8 Å². The Morgan fingerprint density at radius 3 is 2.29 bits per heavy atom. The van der Waals surface area contributed by atoms with Gasteiger partial charge in [-0.25, -0.2) is 4.79 Å². The molecule has 2 rings (SSSR count). The molecule has 1 aromatic rings. The van der Waals surface area contributed by atoms with E-state index in [4.69, 9.17) is 9.47 Å². The molecule has 0 atom stereocenters. The fourth-order valence-corrected chi connectivity index (χ4v) is 3.00. The van der Waals surface area contributed by atoms with Crippen molar-refractivity contribution in [2.45, 2.75) is 52.6 Å². The van der Waals surface area contributed by atoms with Crippen LogP contribution in [0.25, 0.3) is 5.57 Å². The molecule has 0 spiro atoms. The molecule has 0 unspecified atom stereocenters. The zero-order chi connectivity index (χ0) is 17.7. The molecule has 0 fully saturated rings. The molecule has 0 saturated carbocycles. The summed E-state index contributed by atoms with van der Waals surface area (Å²) in [5.41, 5.74) is 3.54. The summed E-state index contributed by atoms with van der Waals surface area (Å²) < 4.78 is 10.8. The van der Waals surface area contributed by atoms with Crippen LogP contribution in [0.5, 0.6) is 5.75 Å². The summed E-state index contributed by atoms with van der Waals surface area (Å²) in [6.45, 7) is 9.31. The third-order valence-electron chi connectivity index (χ3n) is 4.26. The minimum atomic E-state index is -0.455. The van der Waals surface area contributed by atoms with E-state index in [9.17, 15) is 4.79 Å². The maximum Gasteiger partial charge on any atom is 0.410 e. The SMILES string of the molecule is CCC1=C(c2ccc(OC)cc2)CCN(C(=O)OC(C)(C)C)CC1. The van der Waals surface area contributed by atoms with Crippen LogP contribution in [0.1, 0.15) is 52.5 Å². The van der Waals surface area contributed by atoms with Crippen LogP contribution in [0.4, 0.5) is 4.79 Å². The third-order valence-corrected chi connectivity index (χ3v) is 4.26. The molecule has 24 heavy (non-hydrogen) atoms. The average Bonchev–Trinajstić information content (AvgIpc) is 2.75. The minimum Gasteiger partial charge on any atom is -0.497 e. The summed E-state index contributed by atoms with van der Waals surface area (Å²) in [7, 11) is 1.68. The van der Waals surface area contributed by atoms with E-state index in [0.29, 0.717) is 6.54 Å². The lowest BCUT2D eigenvalue weighted by atomic mass is 9.94. The van der Waals surface area contributed by atoms with Crippen LogP contribution in [0.3, 0.4) is 0 Å². The molecule has 1 aliphatic rings. The fourth-order valence-electron chi connectivity index (χ4n) is 3.00. The van der Waals surface area contributed by atoms with Gasteiger partial charge in [0.05, 0.1) is 7.11 Å². The quantitative estimate of drug-likeness (QED) is 0.791. The molecule has 4 heteroatoms. The van der Waals surface area contributed by atoms with Crippen molar-refractivity contribution >= 4 is 11.7 Å². The van der Waals surface area contributed by atoms with Crippen molar-refractivity contribution < 1.29 is 14.3 Å². The monoisotopic (exact) mass is 331 g/mol. The number of amides is 1. The van der Waals surface area contributed by atoms with Gasteiger partial charge in [-0.05, 0) is 63.3 Å². The first-order valence-electron chi connectivity index (χ1n) is 8.67. The molecular weight excluding hydrogens is 302 g/mol. The van der Waals surface area contributed by atoms with Gasteiger partial charge in [-0.2, -0.15) is 0 Å². The largest absolute Gasteiger partial charge is 0.497 e. The Labute approximate surface area is 145 Å². The van der Waals surface area contributed by atoms with Gasteiger partial charge in [0, 0.05) is 13.1 Å². The van der Waals surface area contributed by atoms with Crippen LogP contribution in [0.15, 0.2) is 29.8 Å². The maximum atomic E-state index is 12.4. The normalized spacial score (nSPS) is 16.0. The van der Waals surface area contributed by atoms with Gasteiger partial charge in [0.2, 0.25) is 0 Å². The van der Waals surface area contributed by atoms with Crippen molar-refractivity contribution in [2.24, 2.45) is 0 Å². The van der Waals surface area contributed by atoms with Gasteiger partial charge in [-0.1, -0.05) is 24.6 Å². The summed E-state index contributed by atoms with van der Waals surface area (Å²) in [6.07, 6.45) is 2.55. The number of ether oxygens (including phenoxy) is 2. The number of carbonyl (C=O) groups excluding carboxylic acids is 1. The molecular formula is C20H29NO3. The van der Waals surface area contributed by atoms with Gasteiger partial charge in [-0.15, -0.1) is 0 Å². The zero-order valence-electron chi connectivity index (χ0n) is 15.5. The van der Waals surface area contributed by atoms with Crippen molar-refractivity contribution in [2.75, 3.05) is 20.2 Å². The van der Waals surface area contributed by atoms with Gasteiger partial charge in [0.15, 0.2) is 0 Å². The van der Waals surface area contributed by atoms with Crippen molar-refractivity contribution in [1.29, 1.82) is 0 Å². The topological polar surface area (TPSA) is 38.8 Å². The van der Waals surface area contributed by atoms with Crippen LogP contribution < -0.4 is 4.74 Å². The van der Waals surface area contributed by atoms with E-state index >= 15 is 0 Å². The van der Waals surface area contributed by atoms with E-state index in [2.05, 4.69) is 19.1 Å². The highest BCUT2D eigenvalue weighted by molar-refractivity contribution is 5.72. The summed E-state index contributed by atoms with van der Waals surface area (Å²) in [4.78, 5) is 14.2. The van der Waals surface area contributed by atoms with E-state index < -0.39 is 5.60 Å². The average molecular weight is 331 g/mol. The third kappa shape index (κ3) is 4.76. The maximum absolute atomic E-state index is 12.4. The number of rotatable bonds is 3. The number of hydrogen-bond acceptors (Lipinski definition) is 3. The molecule has 1 aromatic carbocycles. The summed E-state index contributed by atoms with van der Waals surface area (Å²) in [5.74, 6) is 0.862. The Bertz CT molecular complexity index is 596. The minimum absolute atomic E-state index is 0.214. The smallest absolute Gasteiger partial charge is 0.410 e. The number of methoxy groups -OCH3 is 1. The highest BCUT2D eigenvalue weighted by Gasteiger charge is 2.25. The summed E-state index contributed by atoms with van der Waals surface area (Å²) in [6, 6.07) is 8.19. The highest BCUT2D eigenvalue weighted by atomic mass is 16.6. The Hall–Kier alpha value is -1.97. The number of nitrogens with zero attached hydrogens (tertiary/aromatic N) is 1. The lowest BCUT2D eigenvalue weighted by Gasteiger charge is -2.26. The van der Waals surface area contributed by atoms with E-state index in [1.54, 1.807) is 7.11 Å². The van der Waals surface area contributed by atoms with Crippen molar-refractivity contribution in [1.82, 2.24) is 4.90 Å². The Kier molecular flexibility index (Phi) is 5.92. The molecule has 1 aliphatic heterocycles. The van der Waals surface area contributed by atoms with Crippen molar-refractivity contribution in [3.05, 3.63) is 35.4 Å². The van der Waals surface area contributed by atoms with Crippen molar-refractivity contribution in [3.63, 3.8) is 0 Å². The van der Waals surface area contributed by atoms with Gasteiger partial charge in [0.1, 0.15) is 11.4 Å². The van der Waals surface area contributed by atoms with Crippen molar-refractivity contribution in [3.8, 4) is 5.75 Å². The second kappa shape index (κ2) is 7.73. The Morgan fingerprint density at radius 2 is 1.75 bits per heavy atom. The van der Waals surface area contributed by atoms with E-state index in [1.807, 2.05) is 37.8 Å².